The number of urea groups is 1. The Hall–Kier alpha value is -2.48. The molecule has 0 bridgehead atoms. The number of carbonyl (C=O) groups excluding carboxylic acids is 1. The molecule has 2 heterocycles. The fourth-order valence-corrected chi connectivity index (χ4v) is 3.56. The van der Waals surface area contributed by atoms with E-state index in [1.54, 1.807) is 23.2 Å². The van der Waals surface area contributed by atoms with Gasteiger partial charge in [0.1, 0.15) is 5.82 Å². The van der Waals surface area contributed by atoms with Crippen LogP contribution in [0.3, 0.4) is 0 Å². The lowest BCUT2D eigenvalue weighted by molar-refractivity contribution is -0.138. The third-order valence-electron chi connectivity index (χ3n) is 4.71. The Morgan fingerprint density at radius 3 is 2.64 bits per heavy atom. The summed E-state index contributed by atoms with van der Waals surface area (Å²) in [5, 5.41) is 3.24. The molecule has 1 saturated heterocycles. The predicted molar refractivity (Wildman–Crippen MR) is 103 cm³/mol. The molecule has 2 amide bonds. The molecule has 0 saturated carbocycles. The summed E-state index contributed by atoms with van der Waals surface area (Å²) in [5.41, 5.74) is -0.314. The minimum Gasteiger partial charge on any atom is -0.352 e. The zero-order chi connectivity index (χ0) is 20.5. The average Bonchev–Trinajstić information content (AvgIpc) is 2.60. The number of hydrogen-bond acceptors (Lipinski definition) is 3. The largest absolute Gasteiger partial charge is 0.416 e. The van der Waals surface area contributed by atoms with Gasteiger partial charge in [0.25, 0.3) is 0 Å². The fourth-order valence-electron chi connectivity index (χ4n) is 3.32. The number of halogens is 4. The van der Waals surface area contributed by atoms with E-state index in [0.717, 1.165) is 6.07 Å². The van der Waals surface area contributed by atoms with Crippen LogP contribution in [0.15, 0.2) is 36.5 Å². The average molecular weight is 413 g/mol. The van der Waals surface area contributed by atoms with Crippen LogP contribution in [-0.2, 0) is 6.18 Å². The summed E-state index contributed by atoms with van der Waals surface area (Å²) in [6.45, 7) is 4.83. The van der Waals surface area contributed by atoms with Crippen molar-refractivity contribution < 1.29 is 18.0 Å². The second-order valence-electron chi connectivity index (χ2n) is 6.75. The first kappa shape index (κ1) is 20.3. The highest BCUT2D eigenvalue weighted by Gasteiger charge is 2.33. The van der Waals surface area contributed by atoms with Crippen molar-refractivity contribution in [2.45, 2.75) is 26.1 Å². The van der Waals surface area contributed by atoms with Crippen LogP contribution in [0.5, 0.6) is 0 Å². The minimum absolute atomic E-state index is 0.0629. The first-order valence-electron chi connectivity index (χ1n) is 8.77. The molecule has 1 N–H and O–H groups in total. The SMILES string of the molecule is Cc1cc(NC(=O)N2CCN(c3ncccc3Cl)CC2C)ccc1C(F)(F)F. The topological polar surface area (TPSA) is 48.5 Å². The summed E-state index contributed by atoms with van der Waals surface area (Å²) in [7, 11) is 0. The molecule has 1 aliphatic rings. The summed E-state index contributed by atoms with van der Waals surface area (Å²) in [5.74, 6) is 0.675. The number of carbonyl (C=O) groups is 1. The first-order valence-corrected chi connectivity index (χ1v) is 9.15. The van der Waals surface area contributed by atoms with Gasteiger partial charge >= 0.3 is 12.2 Å². The number of aromatic nitrogens is 1. The normalized spacial score (nSPS) is 17.6. The summed E-state index contributed by atoms with van der Waals surface area (Å²) in [6, 6.07) is 6.62. The van der Waals surface area contributed by atoms with E-state index in [0.29, 0.717) is 36.2 Å². The Morgan fingerprint density at radius 1 is 1.29 bits per heavy atom. The highest BCUT2D eigenvalue weighted by Crippen LogP contribution is 2.33. The van der Waals surface area contributed by atoms with Crippen LogP contribution >= 0.6 is 11.6 Å². The lowest BCUT2D eigenvalue weighted by Crippen LogP contribution is -2.55. The van der Waals surface area contributed by atoms with Crippen LogP contribution in [0.1, 0.15) is 18.1 Å². The van der Waals surface area contributed by atoms with E-state index in [2.05, 4.69) is 10.3 Å². The number of amides is 2. The van der Waals surface area contributed by atoms with E-state index in [9.17, 15) is 18.0 Å². The number of benzene rings is 1. The number of nitrogens with one attached hydrogen (secondary N) is 1. The van der Waals surface area contributed by atoms with Crippen molar-refractivity contribution in [2.24, 2.45) is 0 Å². The van der Waals surface area contributed by atoms with Gasteiger partial charge in [-0.15, -0.1) is 0 Å². The molecule has 9 heteroatoms. The zero-order valence-corrected chi connectivity index (χ0v) is 16.2. The van der Waals surface area contributed by atoms with E-state index in [-0.39, 0.29) is 17.6 Å². The number of aryl methyl sites for hydroxylation is 1. The minimum atomic E-state index is -4.41. The Morgan fingerprint density at radius 2 is 2.04 bits per heavy atom. The maximum Gasteiger partial charge on any atom is 0.416 e. The number of piperazine rings is 1. The standard InChI is InChI=1S/C19H20ClF3N4O/c1-12-10-14(5-6-15(12)19(21,22)23)25-18(28)27-9-8-26(11-13(27)2)17-16(20)4-3-7-24-17/h3-7,10,13H,8-9,11H2,1-2H3,(H,25,28). The van der Waals surface area contributed by atoms with Gasteiger partial charge in [0.15, 0.2) is 0 Å². The van der Waals surface area contributed by atoms with E-state index >= 15 is 0 Å². The van der Waals surface area contributed by atoms with Crippen molar-refractivity contribution in [3.63, 3.8) is 0 Å². The van der Waals surface area contributed by atoms with Crippen molar-refractivity contribution in [1.82, 2.24) is 9.88 Å². The van der Waals surface area contributed by atoms with E-state index in [1.807, 2.05) is 11.8 Å². The van der Waals surface area contributed by atoms with Gasteiger partial charge in [0, 0.05) is 37.6 Å². The first-order chi connectivity index (χ1) is 13.2. The number of alkyl halides is 3. The van der Waals surface area contributed by atoms with Crippen molar-refractivity contribution >= 4 is 29.1 Å². The van der Waals surface area contributed by atoms with E-state index in [1.165, 1.54) is 19.1 Å². The van der Waals surface area contributed by atoms with E-state index < -0.39 is 11.7 Å². The molecule has 1 aliphatic heterocycles. The molecule has 5 nitrogen and oxygen atoms in total. The molecule has 1 fully saturated rings. The van der Waals surface area contributed by atoms with Gasteiger partial charge in [-0.1, -0.05) is 11.6 Å². The summed E-state index contributed by atoms with van der Waals surface area (Å²) in [6.07, 6.45) is -2.75. The molecule has 1 atom stereocenters. The Balaban J connectivity index is 1.66. The van der Waals surface area contributed by atoms with Crippen LogP contribution in [0.4, 0.5) is 29.5 Å². The number of hydrogen-bond donors (Lipinski definition) is 1. The lowest BCUT2D eigenvalue weighted by Gasteiger charge is -2.40. The van der Waals surface area contributed by atoms with Gasteiger partial charge < -0.3 is 15.1 Å². The van der Waals surface area contributed by atoms with E-state index in [4.69, 9.17) is 11.6 Å². The molecule has 1 unspecified atom stereocenters. The number of anilines is 2. The van der Waals surface area contributed by atoms with Crippen molar-refractivity contribution in [1.29, 1.82) is 0 Å². The van der Waals surface area contributed by atoms with Gasteiger partial charge in [-0.3, -0.25) is 0 Å². The van der Waals surface area contributed by atoms with Crippen LogP contribution in [0, 0.1) is 6.92 Å². The molecule has 0 spiro atoms. The molecule has 150 valence electrons. The van der Waals surface area contributed by atoms with Crippen LogP contribution in [0.25, 0.3) is 0 Å². The third-order valence-corrected chi connectivity index (χ3v) is 5.01. The molecule has 3 rings (SSSR count). The molecule has 0 radical (unpaired) electrons. The molecule has 1 aromatic carbocycles. The quantitative estimate of drug-likeness (QED) is 0.770. The van der Waals surface area contributed by atoms with Crippen LogP contribution in [0.2, 0.25) is 5.02 Å². The van der Waals surface area contributed by atoms with Crippen molar-refractivity contribution in [3.8, 4) is 0 Å². The second-order valence-corrected chi connectivity index (χ2v) is 7.16. The summed E-state index contributed by atoms with van der Waals surface area (Å²) >= 11 is 6.19. The van der Waals surface area contributed by atoms with Crippen molar-refractivity contribution in [3.05, 3.63) is 52.7 Å². The highest BCUT2D eigenvalue weighted by molar-refractivity contribution is 6.32. The van der Waals surface area contributed by atoms with Gasteiger partial charge in [0.05, 0.1) is 10.6 Å². The Labute approximate surface area is 166 Å². The summed E-state index contributed by atoms with van der Waals surface area (Å²) < 4.78 is 38.6. The van der Waals surface area contributed by atoms with Crippen LogP contribution < -0.4 is 10.2 Å². The van der Waals surface area contributed by atoms with Gasteiger partial charge in [-0.05, 0) is 49.7 Å². The van der Waals surface area contributed by atoms with Gasteiger partial charge in [-0.2, -0.15) is 13.2 Å². The maximum absolute atomic E-state index is 12.9. The monoisotopic (exact) mass is 412 g/mol. The molecular weight excluding hydrogens is 393 g/mol. The number of rotatable bonds is 2. The highest BCUT2D eigenvalue weighted by atomic mass is 35.5. The fraction of sp³-hybridized carbons (Fsp3) is 0.368. The maximum atomic E-state index is 12.9. The third kappa shape index (κ3) is 4.32. The lowest BCUT2D eigenvalue weighted by atomic mass is 10.1. The molecule has 28 heavy (non-hydrogen) atoms. The smallest absolute Gasteiger partial charge is 0.352 e. The second kappa shape index (κ2) is 7.87. The number of nitrogens with zero attached hydrogens (tertiary/aromatic N) is 3. The number of pyridine rings is 1. The Kier molecular flexibility index (Phi) is 5.69. The predicted octanol–water partition coefficient (Wildman–Crippen LogP) is 4.80. The van der Waals surface area contributed by atoms with Crippen LogP contribution in [-0.4, -0.2) is 41.6 Å². The molecule has 0 aliphatic carbocycles. The molecule has 2 aromatic rings. The molecular formula is C19H20ClF3N4O. The summed E-state index contributed by atoms with van der Waals surface area (Å²) in [4.78, 5) is 20.6. The van der Waals surface area contributed by atoms with Crippen molar-refractivity contribution in [2.75, 3.05) is 29.9 Å². The molecule has 1 aromatic heterocycles. The van der Waals surface area contributed by atoms with Gasteiger partial charge in [-0.25, -0.2) is 9.78 Å². The zero-order valence-electron chi connectivity index (χ0n) is 15.4. The Bertz CT molecular complexity index is 874. The van der Waals surface area contributed by atoms with Gasteiger partial charge in [0.2, 0.25) is 0 Å².